The molecule has 1 heterocycles. The average Bonchev–Trinajstić information content (AvgIpc) is 2.82. The molecule has 3 N–H and O–H groups in total. The van der Waals surface area contributed by atoms with E-state index in [1.165, 1.54) is 11.3 Å². The summed E-state index contributed by atoms with van der Waals surface area (Å²) in [5, 5.41) is 5.38. The van der Waals surface area contributed by atoms with Gasteiger partial charge in [0.1, 0.15) is 10.7 Å². The third-order valence-corrected chi connectivity index (χ3v) is 3.50. The Kier molecular flexibility index (Phi) is 6.97. The first-order chi connectivity index (χ1) is 9.00. The molecule has 0 fully saturated rings. The quantitative estimate of drug-likeness (QED) is 0.717. The smallest absolute Gasteiger partial charge is 0.270 e. The molecule has 0 aliphatic rings. The lowest BCUT2D eigenvalue weighted by atomic mass is 10.3. The molecule has 1 atom stereocenters. The van der Waals surface area contributed by atoms with E-state index < -0.39 is 0 Å². The highest BCUT2D eigenvalue weighted by molar-refractivity contribution is 7.09. The second-order valence-corrected chi connectivity index (χ2v) is 5.63. The number of nitrogens with one attached hydrogen (secondary N) is 1. The Balaban J connectivity index is 2.20. The fourth-order valence-corrected chi connectivity index (χ4v) is 2.20. The van der Waals surface area contributed by atoms with Crippen molar-refractivity contribution in [1.82, 2.24) is 10.3 Å². The monoisotopic (exact) mass is 285 g/mol. The van der Waals surface area contributed by atoms with Crippen LogP contribution in [0.5, 0.6) is 0 Å². The van der Waals surface area contributed by atoms with Crippen LogP contribution in [0.4, 0.5) is 0 Å². The SMILES string of the molecule is CC(C)OCCCCNC(=O)c1csc(C(C)N)n1. The lowest BCUT2D eigenvalue weighted by molar-refractivity contribution is 0.0754. The van der Waals surface area contributed by atoms with Crippen molar-refractivity contribution < 1.29 is 9.53 Å². The third-order valence-electron chi connectivity index (χ3n) is 2.45. The van der Waals surface area contributed by atoms with Crippen molar-refractivity contribution in [3.05, 3.63) is 16.1 Å². The number of hydrogen-bond donors (Lipinski definition) is 2. The summed E-state index contributed by atoms with van der Waals surface area (Å²) in [7, 11) is 0. The first-order valence-corrected chi connectivity index (χ1v) is 7.49. The molecule has 0 bridgehead atoms. The molecule has 0 aliphatic heterocycles. The molecule has 0 spiro atoms. The normalized spacial score (nSPS) is 12.7. The van der Waals surface area contributed by atoms with E-state index in [4.69, 9.17) is 10.5 Å². The standard InChI is InChI=1S/C13H23N3O2S/c1-9(2)18-7-5-4-6-15-12(17)11-8-19-13(16-11)10(3)14/h8-10H,4-7,14H2,1-3H3,(H,15,17). The molecule has 1 unspecified atom stereocenters. The van der Waals surface area contributed by atoms with Crippen molar-refractivity contribution in [3.8, 4) is 0 Å². The van der Waals surface area contributed by atoms with E-state index in [1.807, 2.05) is 20.8 Å². The van der Waals surface area contributed by atoms with Gasteiger partial charge in [0.05, 0.1) is 12.1 Å². The van der Waals surface area contributed by atoms with Crippen LogP contribution in [0.3, 0.4) is 0 Å². The third kappa shape index (κ3) is 6.13. The highest BCUT2D eigenvalue weighted by Gasteiger charge is 2.11. The number of carbonyl (C=O) groups is 1. The zero-order chi connectivity index (χ0) is 14.3. The van der Waals surface area contributed by atoms with Crippen LogP contribution in [0.25, 0.3) is 0 Å². The van der Waals surface area contributed by atoms with Crippen LogP contribution in [0.1, 0.15) is 55.2 Å². The molecule has 1 aromatic heterocycles. The van der Waals surface area contributed by atoms with Gasteiger partial charge in [-0.2, -0.15) is 0 Å². The molecule has 0 radical (unpaired) electrons. The summed E-state index contributed by atoms with van der Waals surface area (Å²) in [6, 6.07) is -0.125. The first-order valence-electron chi connectivity index (χ1n) is 6.61. The molecule has 0 saturated carbocycles. The maximum absolute atomic E-state index is 11.8. The van der Waals surface area contributed by atoms with E-state index >= 15 is 0 Å². The Labute approximate surface area is 118 Å². The summed E-state index contributed by atoms with van der Waals surface area (Å²) in [5.41, 5.74) is 6.16. The predicted molar refractivity (Wildman–Crippen MR) is 77.4 cm³/mol. The highest BCUT2D eigenvalue weighted by Crippen LogP contribution is 2.15. The lowest BCUT2D eigenvalue weighted by Crippen LogP contribution is -2.25. The van der Waals surface area contributed by atoms with Gasteiger partial charge in [0.25, 0.3) is 5.91 Å². The minimum atomic E-state index is -0.132. The Hall–Kier alpha value is -0.980. The number of rotatable bonds is 8. The topological polar surface area (TPSA) is 77.2 Å². The fraction of sp³-hybridized carbons (Fsp3) is 0.692. The summed E-state index contributed by atoms with van der Waals surface area (Å²) in [4.78, 5) is 16.0. The Morgan fingerprint density at radius 1 is 1.47 bits per heavy atom. The number of nitrogens with two attached hydrogens (primary N) is 1. The van der Waals surface area contributed by atoms with Gasteiger partial charge >= 0.3 is 0 Å². The predicted octanol–water partition coefficient (Wildman–Crippen LogP) is 2.10. The molecule has 1 aromatic rings. The van der Waals surface area contributed by atoms with Crippen molar-refractivity contribution in [1.29, 1.82) is 0 Å². The van der Waals surface area contributed by atoms with Gasteiger partial charge in [0.15, 0.2) is 0 Å². The van der Waals surface area contributed by atoms with Gasteiger partial charge < -0.3 is 15.8 Å². The molecule has 1 rings (SSSR count). The van der Waals surface area contributed by atoms with Crippen molar-refractivity contribution in [2.24, 2.45) is 5.73 Å². The van der Waals surface area contributed by atoms with Crippen LogP contribution in [-0.4, -0.2) is 30.1 Å². The molecule has 108 valence electrons. The number of amides is 1. The van der Waals surface area contributed by atoms with Crippen LogP contribution < -0.4 is 11.1 Å². The van der Waals surface area contributed by atoms with E-state index in [9.17, 15) is 4.79 Å². The second-order valence-electron chi connectivity index (χ2n) is 4.74. The van der Waals surface area contributed by atoms with Crippen molar-refractivity contribution in [2.75, 3.05) is 13.2 Å². The van der Waals surface area contributed by atoms with Crippen molar-refractivity contribution >= 4 is 17.2 Å². The summed E-state index contributed by atoms with van der Waals surface area (Å²) in [6.45, 7) is 7.26. The van der Waals surface area contributed by atoms with E-state index in [1.54, 1.807) is 5.38 Å². The minimum Gasteiger partial charge on any atom is -0.379 e. The average molecular weight is 285 g/mol. The molecule has 5 nitrogen and oxygen atoms in total. The molecule has 0 aliphatic carbocycles. The number of unbranched alkanes of at least 4 members (excludes halogenated alkanes) is 1. The number of nitrogens with zero attached hydrogens (tertiary/aromatic N) is 1. The summed E-state index contributed by atoms with van der Waals surface area (Å²) in [5.74, 6) is -0.132. The van der Waals surface area contributed by atoms with Crippen molar-refractivity contribution in [3.63, 3.8) is 0 Å². The van der Waals surface area contributed by atoms with Crippen molar-refractivity contribution in [2.45, 2.75) is 45.8 Å². The summed E-state index contributed by atoms with van der Waals surface area (Å²) in [6.07, 6.45) is 2.12. The maximum atomic E-state index is 11.8. The van der Waals surface area contributed by atoms with Crippen LogP contribution in [-0.2, 0) is 4.74 Å². The highest BCUT2D eigenvalue weighted by atomic mass is 32.1. The van der Waals surface area contributed by atoms with Gasteiger partial charge in [-0.15, -0.1) is 11.3 Å². The van der Waals surface area contributed by atoms with Crippen LogP contribution in [0.2, 0.25) is 0 Å². The summed E-state index contributed by atoms with van der Waals surface area (Å²) < 4.78 is 5.43. The fourth-order valence-electron chi connectivity index (χ4n) is 1.44. The van der Waals surface area contributed by atoms with E-state index in [2.05, 4.69) is 10.3 Å². The molecular weight excluding hydrogens is 262 g/mol. The lowest BCUT2D eigenvalue weighted by Gasteiger charge is -2.07. The van der Waals surface area contributed by atoms with Crippen LogP contribution in [0.15, 0.2) is 5.38 Å². The van der Waals surface area contributed by atoms with Crippen LogP contribution in [0, 0.1) is 0 Å². The second kappa shape index (κ2) is 8.24. The molecule has 1 amide bonds. The summed E-state index contributed by atoms with van der Waals surface area (Å²) >= 11 is 1.42. The van der Waals surface area contributed by atoms with Gasteiger partial charge in [0.2, 0.25) is 0 Å². The number of aromatic nitrogens is 1. The van der Waals surface area contributed by atoms with Gasteiger partial charge in [-0.1, -0.05) is 0 Å². The molecule has 6 heteroatoms. The molecule has 0 saturated heterocycles. The van der Waals surface area contributed by atoms with Gasteiger partial charge in [-0.3, -0.25) is 4.79 Å². The number of hydrogen-bond acceptors (Lipinski definition) is 5. The maximum Gasteiger partial charge on any atom is 0.270 e. The number of ether oxygens (including phenoxy) is 1. The van der Waals surface area contributed by atoms with Gasteiger partial charge in [0, 0.05) is 18.5 Å². The van der Waals surface area contributed by atoms with E-state index in [0.717, 1.165) is 24.5 Å². The van der Waals surface area contributed by atoms with E-state index in [-0.39, 0.29) is 18.1 Å². The van der Waals surface area contributed by atoms with E-state index in [0.29, 0.717) is 12.2 Å². The molecule has 0 aromatic carbocycles. The number of carbonyl (C=O) groups excluding carboxylic acids is 1. The van der Waals surface area contributed by atoms with Gasteiger partial charge in [-0.25, -0.2) is 4.98 Å². The first kappa shape index (κ1) is 16.1. The Morgan fingerprint density at radius 2 is 2.21 bits per heavy atom. The molecular formula is C13H23N3O2S. The Morgan fingerprint density at radius 3 is 2.79 bits per heavy atom. The van der Waals surface area contributed by atoms with Crippen LogP contribution >= 0.6 is 11.3 Å². The number of thiazole rings is 1. The minimum absolute atomic E-state index is 0.125. The zero-order valence-electron chi connectivity index (χ0n) is 11.8. The largest absolute Gasteiger partial charge is 0.379 e. The zero-order valence-corrected chi connectivity index (χ0v) is 12.6. The molecule has 19 heavy (non-hydrogen) atoms. The van der Waals surface area contributed by atoms with Gasteiger partial charge in [-0.05, 0) is 33.6 Å². The Bertz CT molecular complexity index is 391.